The molecule has 3 aromatic heterocycles. The van der Waals surface area contributed by atoms with Crippen molar-refractivity contribution in [2.24, 2.45) is 0 Å². The van der Waals surface area contributed by atoms with Crippen LogP contribution < -0.4 is 5.32 Å². The van der Waals surface area contributed by atoms with Gasteiger partial charge in [0, 0.05) is 48.5 Å². The molecule has 0 spiro atoms. The van der Waals surface area contributed by atoms with Crippen molar-refractivity contribution < 1.29 is 41.0 Å². The molecular weight excluding hydrogens is 919 g/mol. The zero-order valence-electron chi connectivity index (χ0n) is 39.9. The van der Waals surface area contributed by atoms with E-state index in [1.54, 1.807) is 12.4 Å². The Morgan fingerprint density at radius 3 is 1.45 bits per heavy atom. The van der Waals surface area contributed by atoms with Crippen LogP contribution in [-0.2, 0) is 37.9 Å². The van der Waals surface area contributed by atoms with E-state index in [0.717, 1.165) is 97.0 Å². The van der Waals surface area contributed by atoms with Gasteiger partial charge in [-0.05, 0) is 112 Å². The molecule has 71 heavy (non-hydrogen) atoms. The third-order valence-electron chi connectivity index (χ3n) is 16.2. The average Bonchev–Trinajstić information content (AvgIpc) is 3.85. The Balaban J connectivity index is 0.000000164. The molecule has 6 fully saturated rings. The van der Waals surface area contributed by atoms with Crippen LogP contribution in [0.1, 0.15) is 133 Å². The number of benzene rings is 2. The molecule has 18 heteroatoms. The Morgan fingerprint density at radius 2 is 1.08 bits per heavy atom. The Bertz CT molecular complexity index is 2550. The molecule has 1 amide bonds. The highest BCUT2D eigenvalue weighted by Crippen LogP contribution is 2.48. The van der Waals surface area contributed by atoms with Gasteiger partial charge >= 0.3 is 12.9 Å². The molecule has 0 radical (unpaired) electrons. The van der Waals surface area contributed by atoms with Gasteiger partial charge in [-0.2, -0.15) is 17.6 Å². The first kappa shape index (κ1) is 49.0. The monoisotopic (exact) mass is 979 g/mol. The molecule has 2 saturated carbocycles. The molecule has 0 unspecified atom stereocenters. The molecular formula is C53H61F4N9O5. The Labute approximate surface area is 410 Å². The van der Waals surface area contributed by atoms with E-state index in [9.17, 15) is 27.2 Å². The van der Waals surface area contributed by atoms with Crippen LogP contribution in [0.3, 0.4) is 0 Å². The number of amides is 1. The fourth-order valence-electron chi connectivity index (χ4n) is 11.2. The molecule has 1 N–H and O–H groups in total. The van der Waals surface area contributed by atoms with E-state index >= 15 is 0 Å². The number of aromatic nitrogens is 6. The van der Waals surface area contributed by atoms with Crippen LogP contribution >= 0.6 is 0 Å². The fourth-order valence-corrected chi connectivity index (χ4v) is 11.2. The normalized spacial score (nSPS) is 20.8. The Hall–Kier alpha value is -5.56. The first-order valence-corrected chi connectivity index (χ1v) is 25.2. The summed E-state index contributed by atoms with van der Waals surface area (Å²) in [5.41, 5.74) is 6.20. The maximum atomic E-state index is 12.7. The molecule has 0 bridgehead atoms. The smallest absolute Gasteiger partial charge is 0.315 e. The van der Waals surface area contributed by atoms with Crippen molar-refractivity contribution >= 4 is 11.7 Å². The molecule has 0 atom stereocenters. The highest BCUT2D eigenvalue weighted by Gasteiger charge is 2.41. The molecule has 376 valence electrons. The molecule has 4 aliphatic heterocycles. The third kappa shape index (κ3) is 11.1. The second-order valence-electron chi connectivity index (χ2n) is 20.3. The van der Waals surface area contributed by atoms with Crippen molar-refractivity contribution in [3.8, 4) is 11.5 Å². The van der Waals surface area contributed by atoms with Crippen LogP contribution in [0, 0.1) is 0 Å². The van der Waals surface area contributed by atoms with Crippen molar-refractivity contribution in [3.05, 3.63) is 119 Å². The highest BCUT2D eigenvalue weighted by molar-refractivity contribution is 5.99. The van der Waals surface area contributed by atoms with Gasteiger partial charge in [-0.25, -0.2) is 19.9 Å². The van der Waals surface area contributed by atoms with Gasteiger partial charge in [0.05, 0.1) is 56.2 Å². The second kappa shape index (κ2) is 21.7. The zero-order chi connectivity index (χ0) is 49.0. The SMILES string of the molecule is FC(F)c1nnc(-c2cnc(CC3(c4ccc(C5CCN(C6COC6)CC5)cc4)CCC3)nc2)o1.O=C(CNC(=O)C(F)F)c1cnc(CC2(c3ccc(C4CCN(C5COC5)CC4)cc3)CCC2)nc1. The highest BCUT2D eigenvalue weighted by atomic mass is 19.3. The number of nitrogens with zero attached hydrogens (tertiary/aromatic N) is 8. The topological polar surface area (TPSA) is 162 Å². The summed E-state index contributed by atoms with van der Waals surface area (Å²) in [5.74, 6) is -0.0355. The van der Waals surface area contributed by atoms with Gasteiger partial charge in [-0.3, -0.25) is 19.4 Å². The standard InChI is InChI=1S/C27H32F2N4O3.C26H29F2N5O2/c28-25(29)26(35)32-15-23(34)20-13-30-24(31-14-20)12-27(8-1-9-27)21-4-2-18(3-5-21)19-6-10-33(11-7-19)22-16-36-17-22;27-23(28)25-32-31-24(35-25)19-13-29-22(30-14-19)12-26(8-1-9-26)20-4-2-17(3-5-20)18-6-10-33(11-7-18)21-15-34-16-21/h2-5,13-14,19,22,25H,1,6-12,15-17H2,(H,32,35);2-5,13-14,18,21,23H,1,6-12,15-16H2. The van der Waals surface area contributed by atoms with E-state index < -0.39 is 37.0 Å². The van der Waals surface area contributed by atoms with Gasteiger partial charge in [0.1, 0.15) is 11.6 Å². The number of hydrogen-bond acceptors (Lipinski definition) is 13. The van der Waals surface area contributed by atoms with Crippen LogP contribution in [0.2, 0.25) is 0 Å². The number of Topliss-reactive ketones (excluding diaryl/α,β-unsaturated/α-hetero) is 1. The molecule has 4 saturated heterocycles. The number of piperidine rings is 2. The van der Waals surface area contributed by atoms with E-state index in [1.165, 1.54) is 66.8 Å². The number of ketones is 1. The predicted molar refractivity (Wildman–Crippen MR) is 253 cm³/mol. The quantitative estimate of drug-likeness (QED) is 0.0749. The molecule has 11 rings (SSSR count). The maximum Gasteiger partial charge on any atom is 0.315 e. The molecule has 2 aliphatic carbocycles. The summed E-state index contributed by atoms with van der Waals surface area (Å²) in [6.07, 6.45) is 13.0. The second-order valence-corrected chi connectivity index (χ2v) is 20.3. The van der Waals surface area contributed by atoms with E-state index in [0.29, 0.717) is 41.7 Å². The van der Waals surface area contributed by atoms with E-state index in [2.05, 4.69) is 88.5 Å². The minimum absolute atomic E-state index is 0.00286. The number of carbonyl (C=O) groups is 2. The maximum absolute atomic E-state index is 12.7. The van der Waals surface area contributed by atoms with Crippen LogP contribution in [-0.4, -0.2) is 129 Å². The first-order valence-electron chi connectivity index (χ1n) is 25.2. The van der Waals surface area contributed by atoms with Gasteiger partial charge in [0.2, 0.25) is 0 Å². The summed E-state index contributed by atoms with van der Waals surface area (Å²) < 4.78 is 65.7. The molecule has 5 aromatic rings. The van der Waals surface area contributed by atoms with Gasteiger partial charge in [0.25, 0.3) is 17.7 Å². The number of alkyl halides is 4. The van der Waals surface area contributed by atoms with E-state index in [1.807, 2.05) is 5.32 Å². The molecule has 2 aromatic carbocycles. The lowest BCUT2D eigenvalue weighted by atomic mass is 9.62. The number of rotatable bonds is 16. The van der Waals surface area contributed by atoms with Gasteiger partial charge < -0.3 is 19.2 Å². The van der Waals surface area contributed by atoms with Crippen LogP contribution in [0.4, 0.5) is 17.6 Å². The summed E-state index contributed by atoms with van der Waals surface area (Å²) in [6, 6.07) is 19.6. The first-order chi connectivity index (χ1) is 34.5. The van der Waals surface area contributed by atoms with Crippen LogP contribution in [0.25, 0.3) is 11.5 Å². The Kier molecular flexibility index (Phi) is 15.0. The minimum Gasteiger partial charge on any atom is -0.415 e. The summed E-state index contributed by atoms with van der Waals surface area (Å²) in [6.45, 7) is 7.63. The minimum atomic E-state index is -3.15. The lowest BCUT2D eigenvalue weighted by molar-refractivity contribution is -0.131. The van der Waals surface area contributed by atoms with Crippen molar-refractivity contribution in [2.75, 3.05) is 59.2 Å². The summed E-state index contributed by atoms with van der Waals surface area (Å²) in [4.78, 5) is 46.0. The van der Waals surface area contributed by atoms with Gasteiger partial charge in [-0.1, -0.05) is 61.4 Å². The van der Waals surface area contributed by atoms with Crippen LogP contribution in [0.5, 0.6) is 0 Å². The number of likely N-dealkylation sites (tertiary alicyclic amines) is 2. The average molecular weight is 980 g/mol. The number of nitrogens with one attached hydrogen (secondary N) is 1. The van der Waals surface area contributed by atoms with Crippen molar-refractivity contribution in [3.63, 3.8) is 0 Å². The number of carbonyl (C=O) groups excluding carboxylic acids is 2. The Morgan fingerprint density at radius 1 is 0.634 bits per heavy atom. The lowest BCUT2D eigenvalue weighted by Gasteiger charge is -2.43. The molecule has 7 heterocycles. The number of ether oxygens (including phenoxy) is 2. The molecule has 6 aliphatic rings. The van der Waals surface area contributed by atoms with Crippen LogP contribution in [0.15, 0.2) is 77.7 Å². The van der Waals surface area contributed by atoms with Crippen molar-refractivity contribution in [1.82, 2.24) is 45.2 Å². The van der Waals surface area contributed by atoms with Crippen molar-refractivity contribution in [2.45, 2.75) is 125 Å². The van der Waals surface area contributed by atoms with Gasteiger partial charge in [0.15, 0.2) is 5.78 Å². The molecule has 14 nitrogen and oxygen atoms in total. The number of halogens is 4. The summed E-state index contributed by atoms with van der Waals surface area (Å²) in [5, 5.41) is 8.95. The van der Waals surface area contributed by atoms with E-state index in [4.69, 9.17) is 13.9 Å². The summed E-state index contributed by atoms with van der Waals surface area (Å²) >= 11 is 0. The third-order valence-corrected chi connectivity index (χ3v) is 16.2. The zero-order valence-corrected chi connectivity index (χ0v) is 39.9. The van der Waals surface area contributed by atoms with Gasteiger partial charge in [-0.15, -0.1) is 10.2 Å². The van der Waals surface area contributed by atoms with E-state index in [-0.39, 0.29) is 22.3 Å². The predicted octanol–water partition coefficient (Wildman–Crippen LogP) is 7.99. The summed E-state index contributed by atoms with van der Waals surface area (Å²) in [7, 11) is 0. The van der Waals surface area contributed by atoms with Crippen molar-refractivity contribution in [1.29, 1.82) is 0 Å². The number of hydrogen-bond donors (Lipinski definition) is 1. The fraction of sp³-hybridized carbons (Fsp3) is 0.547. The largest absolute Gasteiger partial charge is 0.415 e. The lowest BCUT2D eigenvalue weighted by Crippen LogP contribution is -2.51.